The van der Waals surface area contributed by atoms with Crippen molar-refractivity contribution in [1.82, 2.24) is 5.16 Å². The van der Waals surface area contributed by atoms with Gasteiger partial charge in [-0.15, -0.1) is 11.3 Å². The van der Waals surface area contributed by atoms with Crippen LogP contribution in [-0.2, 0) is 19.9 Å². The summed E-state index contributed by atoms with van der Waals surface area (Å²) in [7, 11) is 2.01. The zero-order valence-electron chi connectivity index (χ0n) is 17.8. The summed E-state index contributed by atoms with van der Waals surface area (Å²) in [6.45, 7) is 1.27. The van der Waals surface area contributed by atoms with E-state index in [-0.39, 0.29) is 31.0 Å². The second-order valence-corrected chi connectivity index (χ2v) is 9.86. The molecular weight excluding hydrogens is 418 g/mol. The molecule has 0 radical (unpaired) electrons. The van der Waals surface area contributed by atoms with Crippen molar-refractivity contribution < 1.29 is 28.4 Å². The van der Waals surface area contributed by atoms with E-state index in [9.17, 15) is 14.7 Å². The minimum absolute atomic E-state index is 0.00294. The SMILES string of the molecule is C[N+]1(CC(=O)Nc2ccon2)CCCC1COC(=O)C(O)(c1cccs1)C1CCCC1. The number of aromatic nitrogens is 1. The fourth-order valence-corrected chi connectivity index (χ4v) is 5.92. The lowest BCUT2D eigenvalue weighted by Crippen LogP contribution is -2.54. The number of anilines is 1. The maximum absolute atomic E-state index is 13.2. The quantitative estimate of drug-likeness (QED) is 0.476. The van der Waals surface area contributed by atoms with Crippen molar-refractivity contribution in [2.75, 3.05) is 32.1 Å². The van der Waals surface area contributed by atoms with E-state index in [1.54, 1.807) is 6.07 Å². The molecule has 0 aromatic carbocycles. The molecule has 1 saturated heterocycles. The van der Waals surface area contributed by atoms with Gasteiger partial charge in [0, 0.05) is 29.7 Å². The normalized spacial score (nSPS) is 25.9. The van der Waals surface area contributed by atoms with Crippen molar-refractivity contribution in [1.29, 1.82) is 0 Å². The standard InChI is InChI=1S/C22H29N3O5S/c1-25(14-20(26)23-19-10-12-30-24-19)11-4-8-17(25)15-29-21(27)22(28,16-6-2-3-7-16)18-9-5-13-31-18/h5,9-10,12-13,16-17,28H,2-4,6-8,11,14-15H2,1H3/p+1. The van der Waals surface area contributed by atoms with E-state index in [1.165, 1.54) is 17.6 Å². The number of aliphatic hydroxyl groups is 1. The Morgan fingerprint density at radius 3 is 2.81 bits per heavy atom. The number of thiophene rings is 1. The largest absolute Gasteiger partial charge is 0.457 e. The van der Waals surface area contributed by atoms with Crippen LogP contribution in [-0.4, -0.2) is 59.4 Å². The number of quaternary nitrogens is 1. The van der Waals surface area contributed by atoms with Crippen LogP contribution in [0.3, 0.4) is 0 Å². The summed E-state index contributed by atoms with van der Waals surface area (Å²) in [5, 5.41) is 19.8. The Balaban J connectivity index is 1.40. The second-order valence-electron chi connectivity index (χ2n) is 8.91. The maximum Gasteiger partial charge on any atom is 0.344 e. The van der Waals surface area contributed by atoms with Crippen molar-refractivity contribution in [2.45, 2.75) is 50.2 Å². The highest BCUT2D eigenvalue weighted by Crippen LogP contribution is 2.43. The van der Waals surface area contributed by atoms with Gasteiger partial charge in [-0.25, -0.2) is 4.79 Å². The first-order valence-electron chi connectivity index (χ1n) is 10.9. The fourth-order valence-electron chi connectivity index (χ4n) is 5.03. The Morgan fingerprint density at radius 1 is 1.32 bits per heavy atom. The number of amides is 1. The number of likely N-dealkylation sites (N-methyl/N-ethyl adjacent to an activating group) is 1. The number of hydrogen-bond acceptors (Lipinski definition) is 7. The number of ether oxygens (including phenoxy) is 1. The molecule has 3 heterocycles. The highest BCUT2D eigenvalue weighted by atomic mass is 32.1. The van der Waals surface area contributed by atoms with E-state index < -0.39 is 11.6 Å². The van der Waals surface area contributed by atoms with Crippen LogP contribution >= 0.6 is 11.3 Å². The Bertz CT molecular complexity index is 881. The average molecular weight is 449 g/mol. The molecule has 2 fully saturated rings. The Kier molecular flexibility index (Phi) is 6.45. The van der Waals surface area contributed by atoms with E-state index in [1.807, 2.05) is 24.6 Å². The first kappa shape index (κ1) is 22.0. The van der Waals surface area contributed by atoms with Crippen LogP contribution in [0.25, 0.3) is 0 Å². The Hall–Kier alpha value is -2.23. The molecule has 2 aliphatic rings. The van der Waals surface area contributed by atoms with Gasteiger partial charge >= 0.3 is 5.97 Å². The van der Waals surface area contributed by atoms with Gasteiger partial charge in [-0.05, 0) is 24.3 Å². The van der Waals surface area contributed by atoms with E-state index >= 15 is 0 Å². The van der Waals surface area contributed by atoms with Gasteiger partial charge in [0.25, 0.3) is 5.91 Å². The number of likely N-dealkylation sites (tertiary alicyclic amines) is 1. The lowest BCUT2D eigenvalue weighted by molar-refractivity contribution is -0.913. The van der Waals surface area contributed by atoms with E-state index in [2.05, 4.69) is 10.5 Å². The molecule has 0 spiro atoms. The summed E-state index contributed by atoms with van der Waals surface area (Å²) in [5.41, 5.74) is -1.59. The van der Waals surface area contributed by atoms with Gasteiger partial charge in [0.2, 0.25) is 0 Å². The molecule has 2 aromatic heterocycles. The molecule has 0 bridgehead atoms. The molecule has 3 unspecified atom stereocenters. The van der Waals surface area contributed by atoms with Crippen LogP contribution in [0, 0.1) is 5.92 Å². The summed E-state index contributed by atoms with van der Waals surface area (Å²) >= 11 is 1.39. The van der Waals surface area contributed by atoms with Crippen LogP contribution in [0.2, 0.25) is 0 Å². The summed E-state index contributed by atoms with van der Waals surface area (Å²) < 4.78 is 11.0. The number of carbonyl (C=O) groups is 2. The van der Waals surface area contributed by atoms with Crippen molar-refractivity contribution in [2.24, 2.45) is 5.92 Å². The lowest BCUT2D eigenvalue weighted by Gasteiger charge is -2.36. The first-order valence-corrected chi connectivity index (χ1v) is 11.8. The number of hydrogen-bond donors (Lipinski definition) is 2. The van der Waals surface area contributed by atoms with Gasteiger partial charge in [-0.1, -0.05) is 24.1 Å². The number of rotatable bonds is 8. The molecule has 9 heteroatoms. The molecule has 168 valence electrons. The van der Waals surface area contributed by atoms with E-state index in [0.717, 1.165) is 45.1 Å². The van der Waals surface area contributed by atoms with Crippen LogP contribution < -0.4 is 5.32 Å². The summed E-state index contributed by atoms with van der Waals surface area (Å²) in [4.78, 5) is 26.3. The third-order valence-electron chi connectivity index (χ3n) is 6.86. The monoisotopic (exact) mass is 448 g/mol. The molecule has 2 N–H and O–H groups in total. The number of nitrogens with one attached hydrogen (secondary N) is 1. The number of esters is 1. The highest BCUT2D eigenvalue weighted by Gasteiger charge is 2.49. The van der Waals surface area contributed by atoms with Crippen LogP contribution in [0.15, 0.2) is 34.4 Å². The van der Waals surface area contributed by atoms with Crippen LogP contribution in [0.4, 0.5) is 5.82 Å². The predicted octanol–water partition coefficient (Wildman–Crippen LogP) is 2.90. The van der Waals surface area contributed by atoms with Gasteiger partial charge in [-0.3, -0.25) is 4.79 Å². The third kappa shape index (κ3) is 4.53. The third-order valence-corrected chi connectivity index (χ3v) is 7.85. The van der Waals surface area contributed by atoms with E-state index in [4.69, 9.17) is 9.26 Å². The molecule has 2 aromatic rings. The molecule has 1 amide bonds. The molecule has 8 nitrogen and oxygen atoms in total. The van der Waals surface area contributed by atoms with E-state index in [0.29, 0.717) is 15.2 Å². The zero-order valence-corrected chi connectivity index (χ0v) is 18.6. The first-order chi connectivity index (χ1) is 14.9. The topological polar surface area (TPSA) is 102 Å². The van der Waals surface area contributed by atoms with Gasteiger partial charge in [-0.2, -0.15) is 0 Å². The summed E-state index contributed by atoms with van der Waals surface area (Å²) in [6.07, 6.45) is 6.90. The minimum Gasteiger partial charge on any atom is -0.457 e. The molecule has 1 saturated carbocycles. The van der Waals surface area contributed by atoms with Crippen molar-refractivity contribution in [3.05, 3.63) is 34.7 Å². The van der Waals surface area contributed by atoms with Gasteiger partial charge < -0.3 is 24.2 Å². The van der Waals surface area contributed by atoms with Crippen molar-refractivity contribution >= 4 is 29.0 Å². The summed E-state index contributed by atoms with van der Waals surface area (Å²) in [6, 6.07) is 5.26. The van der Waals surface area contributed by atoms with Crippen molar-refractivity contribution in [3.8, 4) is 0 Å². The smallest absolute Gasteiger partial charge is 0.344 e. The Labute approximate surface area is 185 Å². The highest BCUT2D eigenvalue weighted by molar-refractivity contribution is 7.10. The maximum atomic E-state index is 13.2. The van der Waals surface area contributed by atoms with Gasteiger partial charge in [0.1, 0.15) is 18.9 Å². The van der Waals surface area contributed by atoms with Gasteiger partial charge in [0.05, 0.1) is 13.6 Å². The van der Waals surface area contributed by atoms with Crippen LogP contribution in [0.5, 0.6) is 0 Å². The predicted molar refractivity (Wildman–Crippen MR) is 115 cm³/mol. The Morgan fingerprint density at radius 2 is 2.13 bits per heavy atom. The minimum atomic E-state index is -1.59. The molecule has 4 rings (SSSR count). The van der Waals surface area contributed by atoms with Crippen LogP contribution in [0.1, 0.15) is 43.4 Å². The number of carbonyl (C=O) groups excluding carboxylic acids is 2. The molecular formula is C22H30N3O5S+. The molecule has 3 atom stereocenters. The molecule has 31 heavy (non-hydrogen) atoms. The summed E-state index contributed by atoms with van der Waals surface area (Å²) in [5.74, 6) is -0.448. The lowest BCUT2D eigenvalue weighted by atomic mass is 9.84. The fraction of sp³-hybridized carbons (Fsp3) is 0.591. The number of nitrogens with zero attached hydrogens (tertiary/aromatic N) is 2. The average Bonchev–Trinajstić information content (AvgIpc) is 3.54. The second kappa shape index (κ2) is 9.10. The van der Waals surface area contributed by atoms with Gasteiger partial charge in [0.15, 0.2) is 18.0 Å². The molecule has 1 aliphatic carbocycles. The zero-order chi connectivity index (χ0) is 21.9. The van der Waals surface area contributed by atoms with Crippen molar-refractivity contribution in [3.63, 3.8) is 0 Å². The molecule has 1 aliphatic heterocycles.